The second-order valence-electron chi connectivity index (χ2n) is 3.88. The van der Waals surface area contributed by atoms with Gasteiger partial charge in [-0.1, -0.05) is 17.3 Å². The van der Waals surface area contributed by atoms with E-state index in [0.717, 1.165) is 0 Å². The van der Waals surface area contributed by atoms with Crippen molar-refractivity contribution >= 4 is 5.69 Å². The number of ether oxygens (including phenoxy) is 2. The van der Waals surface area contributed by atoms with Crippen LogP contribution in [0.5, 0.6) is 5.75 Å². The molecule has 0 fully saturated rings. The van der Waals surface area contributed by atoms with E-state index in [2.05, 4.69) is 10.1 Å². The number of rotatable bonds is 7. The van der Waals surface area contributed by atoms with Gasteiger partial charge in [-0.3, -0.25) is 0 Å². The van der Waals surface area contributed by atoms with E-state index < -0.39 is 0 Å². The van der Waals surface area contributed by atoms with Crippen LogP contribution in [0.1, 0.15) is 18.6 Å². The average molecular weight is 263 g/mol. The van der Waals surface area contributed by atoms with Crippen LogP contribution in [0.15, 0.2) is 28.8 Å². The normalized spacial score (nSPS) is 10.6. The molecule has 2 aromatic rings. The van der Waals surface area contributed by atoms with Crippen LogP contribution in [0.4, 0.5) is 5.69 Å². The SMILES string of the molecule is CCOCCc1noc(COc2ccccc2N)n1. The van der Waals surface area contributed by atoms with Crippen LogP contribution in [-0.4, -0.2) is 23.4 Å². The fourth-order valence-corrected chi connectivity index (χ4v) is 1.51. The quantitative estimate of drug-likeness (QED) is 0.606. The van der Waals surface area contributed by atoms with E-state index in [1.807, 2.05) is 19.1 Å². The van der Waals surface area contributed by atoms with Gasteiger partial charge in [-0.2, -0.15) is 4.98 Å². The standard InChI is InChI=1S/C13H17N3O3/c1-2-17-8-7-12-15-13(19-16-12)9-18-11-6-4-3-5-10(11)14/h3-6H,2,7-9,14H2,1H3. The summed E-state index contributed by atoms with van der Waals surface area (Å²) in [6.07, 6.45) is 0.630. The molecule has 19 heavy (non-hydrogen) atoms. The number of benzene rings is 1. The smallest absolute Gasteiger partial charge is 0.264 e. The molecule has 0 radical (unpaired) electrons. The molecule has 0 spiro atoms. The highest BCUT2D eigenvalue weighted by atomic mass is 16.5. The zero-order valence-electron chi connectivity index (χ0n) is 10.8. The van der Waals surface area contributed by atoms with Gasteiger partial charge in [0, 0.05) is 13.0 Å². The molecule has 0 saturated carbocycles. The Balaban J connectivity index is 1.85. The van der Waals surface area contributed by atoms with Crippen molar-refractivity contribution in [1.82, 2.24) is 10.1 Å². The number of para-hydroxylation sites is 2. The molecule has 6 nitrogen and oxygen atoms in total. The largest absolute Gasteiger partial charge is 0.482 e. The van der Waals surface area contributed by atoms with Gasteiger partial charge in [-0.05, 0) is 19.1 Å². The van der Waals surface area contributed by atoms with Gasteiger partial charge in [-0.15, -0.1) is 0 Å². The molecule has 0 atom stereocenters. The number of aromatic nitrogens is 2. The Morgan fingerprint density at radius 1 is 1.32 bits per heavy atom. The highest BCUT2D eigenvalue weighted by molar-refractivity contribution is 5.51. The van der Waals surface area contributed by atoms with Gasteiger partial charge in [0.25, 0.3) is 5.89 Å². The molecule has 1 heterocycles. The second kappa shape index (κ2) is 6.75. The number of hydrogen-bond donors (Lipinski definition) is 1. The molecular weight excluding hydrogens is 246 g/mol. The molecule has 102 valence electrons. The van der Waals surface area contributed by atoms with Gasteiger partial charge in [0.2, 0.25) is 0 Å². The molecule has 2 N–H and O–H groups in total. The van der Waals surface area contributed by atoms with Crippen LogP contribution in [-0.2, 0) is 17.8 Å². The molecule has 0 unspecified atom stereocenters. The Hall–Kier alpha value is -2.08. The lowest BCUT2D eigenvalue weighted by Crippen LogP contribution is -2.01. The molecule has 0 amide bonds. The van der Waals surface area contributed by atoms with E-state index in [0.29, 0.717) is 42.8 Å². The van der Waals surface area contributed by atoms with E-state index in [9.17, 15) is 0 Å². The summed E-state index contributed by atoms with van der Waals surface area (Å²) in [5.41, 5.74) is 6.34. The van der Waals surface area contributed by atoms with E-state index in [1.54, 1.807) is 12.1 Å². The van der Waals surface area contributed by atoms with Crippen molar-refractivity contribution in [3.05, 3.63) is 36.0 Å². The minimum absolute atomic E-state index is 0.204. The zero-order valence-corrected chi connectivity index (χ0v) is 10.8. The van der Waals surface area contributed by atoms with Crippen molar-refractivity contribution in [2.75, 3.05) is 18.9 Å². The van der Waals surface area contributed by atoms with Gasteiger partial charge in [0.15, 0.2) is 12.4 Å². The van der Waals surface area contributed by atoms with E-state index in [4.69, 9.17) is 19.7 Å². The van der Waals surface area contributed by atoms with Gasteiger partial charge in [0.05, 0.1) is 12.3 Å². The first-order valence-electron chi connectivity index (χ1n) is 6.16. The Morgan fingerprint density at radius 2 is 2.16 bits per heavy atom. The average Bonchev–Trinajstić information content (AvgIpc) is 2.86. The molecule has 0 aliphatic carbocycles. The summed E-state index contributed by atoms with van der Waals surface area (Å²) in [5.74, 6) is 1.65. The van der Waals surface area contributed by atoms with Crippen molar-refractivity contribution in [2.24, 2.45) is 0 Å². The second-order valence-corrected chi connectivity index (χ2v) is 3.88. The van der Waals surface area contributed by atoms with Crippen molar-refractivity contribution in [3.63, 3.8) is 0 Å². The third kappa shape index (κ3) is 3.96. The Kier molecular flexibility index (Phi) is 4.74. The van der Waals surface area contributed by atoms with E-state index in [-0.39, 0.29) is 6.61 Å². The summed E-state index contributed by atoms with van der Waals surface area (Å²) >= 11 is 0. The molecule has 0 saturated heterocycles. The first-order valence-corrected chi connectivity index (χ1v) is 6.16. The van der Waals surface area contributed by atoms with Crippen LogP contribution in [0.3, 0.4) is 0 Å². The number of nitrogens with zero attached hydrogens (tertiary/aromatic N) is 2. The third-order valence-corrected chi connectivity index (χ3v) is 2.45. The summed E-state index contributed by atoms with van der Waals surface area (Å²) in [6.45, 7) is 3.42. The van der Waals surface area contributed by atoms with Crippen molar-refractivity contribution in [3.8, 4) is 5.75 Å². The number of anilines is 1. The molecule has 0 aliphatic rings. The molecule has 6 heteroatoms. The molecule has 2 rings (SSSR count). The molecule has 0 aliphatic heterocycles. The monoisotopic (exact) mass is 263 g/mol. The van der Waals surface area contributed by atoms with Gasteiger partial charge in [-0.25, -0.2) is 0 Å². The minimum atomic E-state index is 0.204. The van der Waals surface area contributed by atoms with Crippen LogP contribution in [0, 0.1) is 0 Å². The van der Waals surface area contributed by atoms with Gasteiger partial charge >= 0.3 is 0 Å². The predicted molar refractivity (Wildman–Crippen MR) is 69.7 cm³/mol. The predicted octanol–water partition coefficient (Wildman–Crippen LogP) is 1.81. The van der Waals surface area contributed by atoms with Crippen LogP contribution in [0.25, 0.3) is 0 Å². The van der Waals surface area contributed by atoms with Crippen LogP contribution >= 0.6 is 0 Å². The maximum atomic E-state index is 5.76. The third-order valence-electron chi connectivity index (χ3n) is 2.45. The maximum Gasteiger partial charge on any atom is 0.264 e. The lowest BCUT2D eigenvalue weighted by atomic mass is 10.3. The molecule has 0 bridgehead atoms. The fraction of sp³-hybridized carbons (Fsp3) is 0.385. The van der Waals surface area contributed by atoms with Crippen molar-refractivity contribution < 1.29 is 14.0 Å². The lowest BCUT2D eigenvalue weighted by molar-refractivity contribution is 0.149. The first-order chi connectivity index (χ1) is 9.29. The van der Waals surface area contributed by atoms with Crippen molar-refractivity contribution in [2.45, 2.75) is 20.0 Å². The fourth-order valence-electron chi connectivity index (χ4n) is 1.51. The van der Waals surface area contributed by atoms with Gasteiger partial charge < -0.3 is 19.7 Å². The maximum absolute atomic E-state index is 5.76. The summed E-state index contributed by atoms with van der Waals surface area (Å²) in [7, 11) is 0. The zero-order chi connectivity index (χ0) is 13.5. The number of nitrogens with two attached hydrogens (primary N) is 1. The van der Waals surface area contributed by atoms with Crippen molar-refractivity contribution in [1.29, 1.82) is 0 Å². The Bertz CT molecular complexity index is 513. The highest BCUT2D eigenvalue weighted by Crippen LogP contribution is 2.20. The molecule has 1 aromatic heterocycles. The molecular formula is C13H17N3O3. The number of nitrogen functional groups attached to an aromatic ring is 1. The van der Waals surface area contributed by atoms with Gasteiger partial charge in [0.1, 0.15) is 5.75 Å². The summed E-state index contributed by atoms with van der Waals surface area (Å²) < 4.78 is 15.8. The minimum Gasteiger partial charge on any atom is -0.482 e. The lowest BCUT2D eigenvalue weighted by Gasteiger charge is -2.05. The van der Waals surface area contributed by atoms with Crippen LogP contribution in [0.2, 0.25) is 0 Å². The van der Waals surface area contributed by atoms with E-state index >= 15 is 0 Å². The van der Waals surface area contributed by atoms with E-state index in [1.165, 1.54) is 0 Å². The van der Waals surface area contributed by atoms with Crippen LogP contribution < -0.4 is 10.5 Å². The summed E-state index contributed by atoms with van der Waals surface area (Å²) in [6, 6.07) is 7.27. The Labute approximate surface area is 111 Å². The topological polar surface area (TPSA) is 83.4 Å². The summed E-state index contributed by atoms with van der Waals surface area (Å²) in [5, 5.41) is 3.85. The number of hydrogen-bond acceptors (Lipinski definition) is 6. The first kappa shape index (κ1) is 13.4. The molecule has 1 aromatic carbocycles. The highest BCUT2D eigenvalue weighted by Gasteiger charge is 2.07. The Morgan fingerprint density at radius 3 is 2.95 bits per heavy atom. The summed E-state index contributed by atoms with van der Waals surface area (Å²) in [4.78, 5) is 4.20.